The minimum Gasteiger partial charge on any atom is -0.355 e. The molecule has 0 radical (unpaired) electrons. The fourth-order valence-electron chi connectivity index (χ4n) is 1.55. The highest BCUT2D eigenvalue weighted by atomic mass is 35.5. The minimum absolute atomic E-state index is 0.0305. The summed E-state index contributed by atoms with van der Waals surface area (Å²) in [5.74, 6) is -0.144. The van der Waals surface area contributed by atoms with Gasteiger partial charge >= 0.3 is 0 Å². The molecule has 1 aromatic carbocycles. The average Bonchev–Trinajstić information content (AvgIpc) is 2.41. The lowest BCUT2D eigenvalue weighted by molar-refractivity contribution is -0.121. The number of nitrogens with two attached hydrogens (primary N) is 1. The lowest BCUT2D eigenvalue weighted by Crippen LogP contribution is -2.35. The third-order valence-electron chi connectivity index (χ3n) is 2.67. The van der Waals surface area contributed by atoms with E-state index in [-0.39, 0.29) is 29.9 Å². The monoisotopic (exact) mass is 333 g/mol. The van der Waals surface area contributed by atoms with Gasteiger partial charge in [0.15, 0.2) is 0 Å². The van der Waals surface area contributed by atoms with Crippen LogP contribution in [0.3, 0.4) is 0 Å². The highest BCUT2D eigenvalue weighted by Crippen LogP contribution is 2.14. The van der Waals surface area contributed by atoms with Gasteiger partial charge < -0.3 is 11.1 Å². The van der Waals surface area contributed by atoms with Gasteiger partial charge in [0.2, 0.25) is 15.9 Å². The first kappa shape index (κ1) is 17.9. The molecule has 1 unspecified atom stereocenters. The summed E-state index contributed by atoms with van der Waals surface area (Å²) in [6, 6.07) is 5.95. The first-order valence-electron chi connectivity index (χ1n) is 6.59. The van der Waals surface area contributed by atoms with Gasteiger partial charge in [-0.1, -0.05) is 17.7 Å². The van der Waals surface area contributed by atoms with E-state index in [1.54, 1.807) is 12.1 Å². The molecule has 1 atom stereocenters. The van der Waals surface area contributed by atoms with Crippen molar-refractivity contribution in [2.24, 2.45) is 5.73 Å². The molecule has 6 nitrogen and oxygen atoms in total. The summed E-state index contributed by atoms with van der Waals surface area (Å²) in [4.78, 5) is 11.5. The van der Waals surface area contributed by atoms with Crippen LogP contribution in [0.15, 0.2) is 29.2 Å². The van der Waals surface area contributed by atoms with Crippen LogP contribution in [0.5, 0.6) is 0 Å². The fraction of sp³-hybridized carbons (Fsp3) is 0.462. The maximum Gasteiger partial charge on any atom is 0.240 e. The zero-order valence-electron chi connectivity index (χ0n) is 11.8. The van der Waals surface area contributed by atoms with Gasteiger partial charge in [0, 0.05) is 30.6 Å². The molecule has 0 fully saturated rings. The molecule has 0 bridgehead atoms. The highest BCUT2D eigenvalue weighted by molar-refractivity contribution is 7.89. The molecule has 21 heavy (non-hydrogen) atoms. The van der Waals surface area contributed by atoms with Gasteiger partial charge in [0.1, 0.15) is 0 Å². The van der Waals surface area contributed by atoms with Gasteiger partial charge in [-0.2, -0.15) is 0 Å². The number of sulfonamides is 1. The summed E-state index contributed by atoms with van der Waals surface area (Å²) in [6.45, 7) is 2.16. The molecule has 0 aliphatic carbocycles. The number of hydrogen-bond acceptors (Lipinski definition) is 4. The summed E-state index contributed by atoms with van der Waals surface area (Å²) < 4.78 is 26.3. The SMILES string of the molecule is CC(N)CCC(=O)NCCNS(=O)(=O)c1cccc(Cl)c1. The number of halogens is 1. The van der Waals surface area contributed by atoms with E-state index in [2.05, 4.69) is 10.0 Å². The Hall–Kier alpha value is -1.15. The van der Waals surface area contributed by atoms with Crippen LogP contribution in [0, 0.1) is 0 Å². The van der Waals surface area contributed by atoms with Crippen LogP contribution in [-0.4, -0.2) is 33.5 Å². The van der Waals surface area contributed by atoms with Crippen molar-refractivity contribution in [3.63, 3.8) is 0 Å². The second-order valence-corrected chi connectivity index (χ2v) is 6.92. The third-order valence-corrected chi connectivity index (χ3v) is 4.37. The number of benzene rings is 1. The Morgan fingerprint density at radius 3 is 2.71 bits per heavy atom. The second-order valence-electron chi connectivity index (χ2n) is 4.72. The van der Waals surface area contributed by atoms with Crippen molar-refractivity contribution in [2.75, 3.05) is 13.1 Å². The van der Waals surface area contributed by atoms with Crippen LogP contribution in [0.1, 0.15) is 19.8 Å². The summed E-state index contributed by atoms with van der Waals surface area (Å²) in [6.07, 6.45) is 0.929. The Balaban J connectivity index is 2.36. The van der Waals surface area contributed by atoms with E-state index < -0.39 is 10.0 Å². The smallest absolute Gasteiger partial charge is 0.240 e. The van der Waals surface area contributed by atoms with Crippen LogP contribution < -0.4 is 15.8 Å². The minimum atomic E-state index is -3.61. The van der Waals surface area contributed by atoms with E-state index in [9.17, 15) is 13.2 Å². The molecule has 1 amide bonds. The van der Waals surface area contributed by atoms with Gasteiger partial charge in [0.25, 0.3) is 0 Å². The van der Waals surface area contributed by atoms with Crippen molar-refractivity contribution in [2.45, 2.75) is 30.7 Å². The van der Waals surface area contributed by atoms with Gasteiger partial charge in [0.05, 0.1) is 4.90 Å². The first-order valence-corrected chi connectivity index (χ1v) is 8.45. The van der Waals surface area contributed by atoms with Crippen LogP contribution in [-0.2, 0) is 14.8 Å². The van der Waals surface area contributed by atoms with E-state index in [4.69, 9.17) is 17.3 Å². The Labute approximate surface area is 130 Å². The molecule has 1 aromatic rings. The van der Waals surface area contributed by atoms with Crippen molar-refractivity contribution < 1.29 is 13.2 Å². The molecule has 0 aliphatic heterocycles. The van der Waals surface area contributed by atoms with Crippen LogP contribution in [0.25, 0.3) is 0 Å². The molecule has 0 aliphatic rings. The molecule has 1 rings (SSSR count). The van der Waals surface area contributed by atoms with Gasteiger partial charge in [-0.05, 0) is 31.5 Å². The molecular formula is C13H20ClN3O3S. The third kappa shape index (κ3) is 6.90. The van der Waals surface area contributed by atoms with Crippen LogP contribution in [0.4, 0.5) is 0 Å². The maximum atomic E-state index is 11.9. The number of carbonyl (C=O) groups is 1. The number of nitrogens with one attached hydrogen (secondary N) is 2. The fourth-order valence-corrected chi connectivity index (χ4v) is 2.88. The van der Waals surface area contributed by atoms with Gasteiger partial charge in [-0.15, -0.1) is 0 Å². The highest BCUT2D eigenvalue weighted by Gasteiger charge is 2.13. The van der Waals surface area contributed by atoms with E-state index in [0.29, 0.717) is 17.9 Å². The summed E-state index contributed by atoms with van der Waals surface area (Å²) >= 11 is 5.75. The molecule has 118 valence electrons. The van der Waals surface area contributed by atoms with E-state index in [1.165, 1.54) is 12.1 Å². The van der Waals surface area contributed by atoms with Crippen molar-refractivity contribution in [1.82, 2.24) is 10.0 Å². The average molecular weight is 334 g/mol. The topological polar surface area (TPSA) is 101 Å². The Morgan fingerprint density at radius 2 is 2.10 bits per heavy atom. The number of carbonyl (C=O) groups excluding carboxylic acids is 1. The molecule has 0 saturated heterocycles. The van der Waals surface area contributed by atoms with Crippen LogP contribution in [0.2, 0.25) is 5.02 Å². The molecule has 0 spiro atoms. The summed E-state index contributed by atoms with van der Waals surface area (Å²) in [7, 11) is -3.61. The Kier molecular flexibility index (Phi) is 7.10. The molecule has 0 heterocycles. The van der Waals surface area contributed by atoms with E-state index in [1.807, 2.05) is 6.92 Å². The lowest BCUT2D eigenvalue weighted by Gasteiger charge is -2.09. The second kappa shape index (κ2) is 8.33. The van der Waals surface area contributed by atoms with E-state index >= 15 is 0 Å². The van der Waals surface area contributed by atoms with Crippen molar-refractivity contribution in [3.05, 3.63) is 29.3 Å². The van der Waals surface area contributed by atoms with Crippen LogP contribution >= 0.6 is 11.6 Å². The Morgan fingerprint density at radius 1 is 1.38 bits per heavy atom. The van der Waals surface area contributed by atoms with Crippen molar-refractivity contribution in [1.29, 1.82) is 0 Å². The molecule has 0 saturated carbocycles. The standard InChI is InChI=1S/C13H20ClN3O3S/c1-10(15)5-6-13(18)16-7-8-17-21(19,20)12-4-2-3-11(14)9-12/h2-4,9-10,17H,5-8,15H2,1H3,(H,16,18). The Bertz CT molecular complexity index is 576. The van der Waals surface area contributed by atoms with E-state index in [0.717, 1.165) is 0 Å². The first-order chi connectivity index (χ1) is 9.81. The predicted octanol–water partition coefficient (Wildman–Crippen LogP) is 0.862. The summed E-state index contributed by atoms with van der Waals surface area (Å²) in [5.41, 5.74) is 5.55. The van der Waals surface area contributed by atoms with Gasteiger partial charge in [-0.25, -0.2) is 13.1 Å². The largest absolute Gasteiger partial charge is 0.355 e. The zero-order valence-corrected chi connectivity index (χ0v) is 13.4. The number of amides is 1. The molecule has 0 aromatic heterocycles. The summed E-state index contributed by atoms with van der Waals surface area (Å²) in [5, 5.41) is 2.98. The van der Waals surface area contributed by atoms with Crippen molar-refractivity contribution >= 4 is 27.5 Å². The predicted molar refractivity (Wildman–Crippen MR) is 82.5 cm³/mol. The van der Waals surface area contributed by atoms with Gasteiger partial charge in [-0.3, -0.25) is 4.79 Å². The zero-order chi connectivity index (χ0) is 15.9. The number of rotatable bonds is 8. The maximum absolute atomic E-state index is 11.9. The quantitative estimate of drug-likeness (QED) is 0.614. The molecule has 8 heteroatoms. The normalized spacial score (nSPS) is 12.9. The lowest BCUT2D eigenvalue weighted by atomic mass is 10.2. The number of hydrogen-bond donors (Lipinski definition) is 3. The van der Waals surface area contributed by atoms with Crippen molar-refractivity contribution in [3.8, 4) is 0 Å². The molecule has 4 N–H and O–H groups in total. The molecular weight excluding hydrogens is 314 g/mol.